The molecule has 4 bridgehead atoms. The van der Waals surface area contributed by atoms with Gasteiger partial charge in [-0.05, 0) is 50.4 Å². The van der Waals surface area contributed by atoms with Gasteiger partial charge >= 0.3 is 3.98 Å². The average molecular weight is 350 g/mol. The van der Waals surface area contributed by atoms with Gasteiger partial charge in [-0.3, -0.25) is 0 Å². The molecular formula is C13H19IO3. The molecule has 4 rings (SSSR count). The molecule has 4 aliphatic carbocycles. The first kappa shape index (κ1) is 12.2. The highest BCUT2D eigenvalue weighted by atomic mass is 127. The fraction of sp³-hybridized carbons (Fsp3) is 0.923. The van der Waals surface area contributed by atoms with E-state index in [1.54, 1.807) is 22.6 Å². The molecule has 2 atom stereocenters. The molecular weight excluding hydrogens is 331 g/mol. The molecule has 0 aromatic rings. The molecule has 4 fully saturated rings. The van der Waals surface area contributed by atoms with Crippen molar-refractivity contribution in [3.8, 4) is 0 Å². The lowest BCUT2D eigenvalue weighted by atomic mass is 9.48. The van der Waals surface area contributed by atoms with Gasteiger partial charge in [0.15, 0.2) is 0 Å². The zero-order valence-corrected chi connectivity index (χ0v) is 12.4. The quantitative estimate of drug-likeness (QED) is 0.577. The first-order valence-corrected chi connectivity index (χ1v) is 7.50. The van der Waals surface area contributed by atoms with Gasteiger partial charge < -0.3 is 9.47 Å². The van der Waals surface area contributed by atoms with E-state index in [1.807, 2.05) is 7.11 Å². The Labute approximate surface area is 116 Å². The standard InChI is InChI=1S/C13H19IO3/c1-16-13-5-9-2-10(6-13)4-12(3-9,7-13)8-17-11(14)15/h9-10H,2-8H2,1H3. The molecule has 0 heterocycles. The summed E-state index contributed by atoms with van der Waals surface area (Å²) in [6, 6.07) is 0. The van der Waals surface area contributed by atoms with Gasteiger partial charge in [0.05, 0.1) is 34.8 Å². The fourth-order valence-electron chi connectivity index (χ4n) is 4.98. The summed E-state index contributed by atoms with van der Waals surface area (Å²) in [5.41, 5.74) is 0.322. The Balaban J connectivity index is 1.80. The monoisotopic (exact) mass is 350 g/mol. The van der Waals surface area contributed by atoms with E-state index in [0.29, 0.717) is 6.61 Å². The summed E-state index contributed by atoms with van der Waals surface area (Å²) in [5, 5.41) is 0. The fourth-order valence-corrected chi connectivity index (χ4v) is 5.14. The lowest BCUT2D eigenvalue weighted by Crippen LogP contribution is -2.57. The lowest BCUT2D eigenvalue weighted by molar-refractivity contribution is -0.188. The highest BCUT2D eigenvalue weighted by Crippen LogP contribution is 2.62. The summed E-state index contributed by atoms with van der Waals surface area (Å²) < 4.78 is 11.0. The van der Waals surface area contributed by atoms with Crippen molar-refractivity contribution in [3.05, 3.63) is 0 Å². The van der Waals surface area contributed by atoms with Crippen LogP contribution in [-0.2, 0) is 9.47 Å². The molecule has 4 saturated carbocycles. The Kier molecular flexibility index (Phi) is 2.93. The van der Waals surface area contributed by atoms with Crippen molar-refractivity contribution in [2.45, 2.75) is 44.1 Å². The third kappa shape index (κ3) is 2.11. The second-order valence-corrected chi connectivity index (χ2v) is 7.26. The Morgan fingerprint density at radius 2 is 1.94 bits per heavy atom. The topological polar surface area (TPSA) is 35.5 Å². The number of ether oxygens (including phenoxy) is 2. The maximum Gasteiger partial charge on any atom is 0.367 e. The number of hydrogen-bond donors (Lipinski definition) is 0. The smallest absolute Gasteiger partial charge is 0.367 e. The van der Waals surface area contributed by atoms with Crippen molar-refractivity contribution >= 4 is 26.6 Å². The first-order chi connectivity index (χ1) is 8.05. The summed E-state index contributed by atoms with van der Waals surface area (Å²) in [6.45, 7) is 0.604. The molecule has 0 aromatic heterocycles. The molecule has 4 aliphatic rings. The number of carbonyl (C=O) groups excluding carboxylic acids is 1. The molecule has 96 valence electrons. The molecule has 4 heteroatoms. The maximum absolute atomic E-state index is 11.0. The number of rotatable bonds is 3. The van der Waals surface area contributed by atoms with Crippen molar-refractivity contribution in [1.82, 2.24) is 0 Å². The van der Waals surface area contributed by atoms with Crippen LogP contribution in [0.25, 0.3) is 0 Å². The third-order valence-corrected chi connectivity index (χ3v) is 5.36. The van der Waals surface area contributed by atoms with Crippen LogP contribution in [0, 0.1) is 17.3 Å². The highest BCUT2D eigenvalue weighted by molar-refractivity contribution is 14.1. The van der Waals surface area contributed by atoms with Crippen LogP contribution in [0.3, 0.4) is 0 Å². The molecule has 0 amide bonds. The van der Waals surface area contributed by atoms with Crippen LogP contribution in [0.15, 0.2) is 0 Å². The van der Waals surface area contributed by atoms with Gasteiger partial charge in [0.25, 0.3) is 0 Å². The van der Waals surface area contributed by atoms with Crippen molar-refractivity contribution in [2.24, 2.45) is 17.3 Å². The Hall–Kier alpha value is 0.160. The van der Waals surface area contributed by atoms with E-state index in [-0.39, 0.29) is 15.0 Å². The largest absolute Gasteiger partial charge is 0.458 e. The van der Waals surface area contributed by atoms with E-state index in [2.05, 4.69) is 0 Å². The minimum atomic E-state index is -0.176. The van der Waals surface area contributed by atoms with Gasteiger partial charge in [-0.25, -0.2) is 4.79 Å². The number of halogens is 1. The van der Waals surface area contributed by atoms with Crippen LogP contribution in [0.1, 0.15) is 38.5 Å². The van der Waals surface area contributed by atoms with Gasteiger partial charge in [-0.2, -0.15) is 0 Å². The van der Waals surface area contributed by atoms with E-state index in [9.17, 15) is 4.79 Å². The summed E-state index contributed by atoms with van der Waals surface area (Å²) in [4.78, 5) is 11.0. The lowest BCUT2D eigenvalue weighted by Gasteiger charge is -2.61. The zero-order chi connectivity index (χ0) is 12.1. The predicted molar refractivity (Wildman–Crippen MR) is 72.2 cm³/mol. The van der Waals surface area contributed by atoms with Crippen LogP contribution < -0.4 is 0 Å². The van der Waals surface area contributed by atoms with Crippen molar-refractivity contribution in [3.63, 3.8) is 0 Å². The molecule has 3 nitrogen and oxygen atoms in total. The molecule has 0 spiro atoms. The highest BCUT2D eigenvalue weighted by Gasteiger charge is 2.58. The van der Waals surface area contributed by atoms with Crippen LogP contribution in [0.4, 0.5) is 4.79 Å². The normalized spacial score (nSPS) is 47.2. The minimum Gasteiger partial charge on any atom is -0.458 e. The minimum absolute atomic E-state index is 0.0990. The Morgan fingerprint density at radius 3 is 2.47 bits per heavy atom. The second kappa shape index (κ2) is 4.08. The second-order valence-electron chi connectivity index (χ2n) is 6.37. The van der Waals surface area contributed by atoms with Gasteiger partial charge in [0.1, 0.15) is 0 Å². The van der Waals surface area contributed by atoms with Gasteiger partial charge in [-0.15, -0.1) is 0 Å². The van der Waals surface area contributed by atoms with E-state index >= 15 is 0 Å². The van der Waals surface area contributed by atoms with Gasteiger partial charge in [-0.1, -0.05) is 0 Å². The summed E-state index contributed by atoms with van der Waals surface area (Å²) >= 11 is 1.72. The van der Waals surface area contributed by atoms with E-state index in [0.717, 1.165) is 18.3 Å². The summed E-state index contributed by atoms with van der Waals surface area (Å²) in [6.07, 6.45) is 7.37. The van der Waals surface area contributed by atoms with E-state index in [4.69, 9.17) is 9.47 Å². The molecule has 0 aromatic carbocycles. The molecule has 2 unspecified atom stereocenters. The maximum atomic E-state index is 11.0. The van der Waals surface area contributed by atoms with Crippen LogP contribution in [0.5, 0.6) is 0 Å². The number of hydrogen-bond acceptors (Lipinski definition) is 3. The van der Waals surface area contributed by atoms with Gasteiger partial charge in [0.2, 0.25) is 0 Å². The third-order valence-electron chi connectivity index (χ3n) is 5.05. The molecule has 0 radical (unpaired) electrons. The molecule has 0 aliphatic heterocycles. The Morgan fingerprint density at radius 1 is 1.29 bits per heavy atom. The summed E-state index contributed by atoms with van der Waals surface area (Å²) in [7, 11) is 1.85. The van der Waals surface area contributed by atoms with Crippen molar-refractivity contribution in [2.75, 3.05) is 13.7 Å². The van der Waals surface area contributed by atoms with Crippen LogP contribution >= 0.6 is 22.6 Å². The van der Waals surface area contributed by atoms with Crippen LogP contribution in [0.2, 0.25) is 0 Å². The zero-order valence-electron chi connectivity index (χ0n) is 10.2. The van der Waals surface area contributed by atoms with Crippen molar-refractivity contribution < 1.29 is 14.3 Å². The van der Waals surface area contributed by atoms with E-state index in [1.165, 1.54) is 32.1 Å². The average Bonchev–Trinajstić information content (AvgIpc) is 2.25. The van der Waals surface area contributed by atoms with E-state index < -0.39 is 0 Å². The Bertz CT molecular complexity index is 328. The van der Waals surface area contributed by atoms with Gasteiger partial charge in [0, 0.05) is 12.5 Å². The summed E-state index contributed by atoms with van der Waals surface area (Å²) in [5.74, 6) is 1.59. The molecule has 0 saturated heterocycles. The first-order valence-electron chi connectivity index (χ1n) is 6.42. The predicted octanol–water partition coefficient (Wildman–Crippen LogP) is 3.54. The van der Waals surface area contributed by atoms with Crippen LogP contribution in [-0.4, -0.2) is 23.3 Å². The van der Waals surface area contributed by atoms with Crippen molar-refractivity contribution in [1.29, 1.82) is 0 Å². The number of methoxy groups -OCH3 is 1. The molecule has 0 N–H and O–H groups in total. The number of carbonyl (C=O) groups is 1. The SMILES string of the molecule is COC12CC3CC(CC(COC(=O)I)(C3)C1)C2. The molecule has 17 heavy (non-hydrogen) atoms.